The van der Waals surface area contributed by atoms with E-state index in [1.807, 2.05) is 17.9 Å². The third-order valence-corrected chi connectivity index (χ3v) is 9.11. The van der Waals surface area contributed by atoms with Gasteiger partial charge in [-0.15, -0.1) is 0 Å². The van der Waals surface area contributed by atoms with Crippen molar-refractivity contribution in [2.75, 3.05) is 52.4 Å². The first-order chi connectivity index (χ1) is 21.2. The van der Waals surface area contributed by atoms with Crippen LogP contribution in [0.4, 0.5) is 8.78 Å². The molecule has 3 aromatic carbocycles. The summed E-state index contributed by atoms with van der Waals surface area (Å²) in [6.45, 7) is 7.61. The van der Waals surface area contributed by atoms with Gasteiger partial charge in [0.25, 0.3) is 0 Å². The van der Waals surface area contributed by atoms with Crippen LogP contribution in [0.3, 0.4) is 0 Å². The summed E-state index contributed by atoms with van der Waals surface area (Å²) in [7, 11) is 0. The van der Waals surface area contributed by atoms with Crippen molar-refractivity contribution in [2.45, 2.75) is 38.8 Å². The number of nitrogens with zero attached hydrogens (tertiary/aromatic N) is 3. The number of nitrogens with two attached hydrogens (primary N) is 1. The topological polar surface area (TPSA) is 82.3 Å². The van der Waals surface area contributed by atoms with Gasteiger partial charge in [-0.1, -0.05) is 23.7 Å². The predicted molar refractivity (Wildman–Crippen MR) is 169 cm³/mol. The Morgan fingerprint density at radius 3 is 2.45 bits per heavy atom. The predicted octanol–water partition coefficient (Wildman–Crippen LogP) is 5.32. The maximum absolute atomic E-state index is 14.6. The van der Waals surface area contributed by atoms with Gasteiger partial charge in [0.1, 0.15) is 23.1 Å². The fourth-order valence-corrected chi connectivity index (χ4v) is 6.51. The minimum absolute atomic E-state index is 0.0100. The molecule has 2 aliphatic rings. The van der Waals surface area contributed by atoms with E-state index in [2.05, 4.69) is 9.80 Å². The number of rotatable bonds is 10. The van der Waals surface area contributed by atoms with Gasteiger partial charge in [-0.25, -0.2) is 8.78 Å². The van der Waals surface area contributed by atoms with Crippen molar-refractivity contribution in [3.63, 3.8) is 0 Å². The minimum Gasteiger partial charge on any atom is -0.508 e. The van der Waals surface area contributed by atoms with Gasteiger partial charge < -0.3 is 25.4 Å². The molecule has 0 aromatic heterocycles. The van der Waals surface area contributed by atoms with Crippen LogP contribution in [0.15, 0.2) is 54.6 Å². The molecule has 2 heterocycles. The Bertz CT molecular complexity index is 1440. The third-order valence-electron chi connectivity index (χ3n) is 8.87. The molecule has 2 aliphatic heterocycles. The quantitative estimate of drug-likeness (QED) is 0.317. The highest BCUT2D eigenvalue weighted by atomic mass is 35.5. The summed E-state index contributed by atoms with van der Waals surface area (Å²) in [6.07, 6.45) is 2.32. The monoisotopic (exact) mass is 626 g/mol. The molecule has 3 N–H and O–H groups in total. The fraction of sp³-hybridized carbons (Fsp3) is 0.441. The minimum atomic E-state index is -0.548. The highest BCUT2D eigenvalue weighted by Crippen LogP contribution is 2.32. The maximum atomic E-state index is 14.6. The molecule has 5 rings (SSSR count). The first-order valence-electron chi connectivity index (χ1n) is 15.4. The number of amides is 1. The number of ether oxygens (including phenoxy) is 1. The number of phenolic OH excluding ortho intramolecular Hbond substituents is 1. The molecule has 3 aromatic rings. The van der Waals surface area contributed by atoms with E-state index in [1.165, 1.54) is 24.3 Å². The Kier molecular flexibility index (Phi) is 10.7. The van der Waals surface area contributed by atoms with Gasteiger partial charge in [0.05, 0.1) is 12.6 Å². The van der Waals surface area contributed by atoms with E-state index in [4.69, 9.17) is 22.1 Å². The Morgan fingerprint density at radius 1 is 0.977 bits per heavy atom. The van der Waals surface area contributed by atoms with Crippen LogP contribution in [-0.4, -0.2) is 84.2 Å². The van der Waals surface area contributed by atoms with E-state index >= 15 is 0 Å². The number of aromatic hydroxyl groups is 1. The number of carbonyl (C=O) groups is 1. The van der Waals surface area contributed by atoms with Gasteiger partial charge in [-0.3, -0.25) is 9.69 Å². The third kappa shape index (κ3) is 7.69. The molecule has 0 spiro atoms. The van der Waals surface area contributed by atoms with Gasteiger partial charge in [0.15, 0.2) is 0 Å². The van der Waals surface area contributed by atoms with E-state index in [0.717, 1.165) is 38.0 Å². The summed E-state index contributed by atoms with van der Waals surface area (Å²) in [6, 6.07) is 13.8. The zero-order chi connectivity index (χ0) is 31.2. The zero-order valence-electron chi connectivity index (χ0n) is 25.2. The molecule has 236 valence electrons. The van der Waals surface area contributed by atoms with Crippen LogP contribution < -0.4 is 10.5 Å². The standard InChI is InChI=1S/C34H41ClF2N4O3/c1-2-44-32-5-3-4-30(36)29(32)22-40-16-18-41(19-17-40)34(43)33(38)23-10-13-39(14-11-23)15-12-24-20-25(35)6-8-27(24)28-21-26(42)7-9-31(28)37/h3-9,20-21,23,33,42H,2,10-19,22,38H2,1H3/t33-/m1/s1. The van der Waals surface area contributed by atoms with E-state index in [-0.39, 0.29) is 23.4 Å². The molecule has 0 saturated carbocycles. The Balaban J connectivity index is 1.10. The van der Waals surface area contributed by atoms with Crippen LogP contribution in [0.5, 0.6) is 11.5 Å². The molecule has 2 fully saturated rings. The first kappa shape index (κ1) is 32.2. The number of halogens is 3. The normalized spacial score (nSPS) is 17.5. The summed E-state index contributed by atoms with van der Waals surface area (Å²) < 4.78 is 34.7. The molecular weight excluding hydrogens is 586 g/mol. The molecule has 1 atom stereocenters. The Labute approximate surface area is 263 Å². The van der Waals surface area contributed by atoms with Crippen molar-refractivity contribution < 1.29 is 23.4 Å². The molecule has 0 aliphatic carbocycles. The van der Waals surface area contributed by atoms with E-state index in [1.54, 1.807) is 24.3 Å². The van der Waals surface area contributed by atoms with Gasteiger partial charge in [-0.2, -0.15) is 0 Å². The van der Waals surface area contributed by atoms with Crippen LogP contribution in [-0.2, 0) is 17.8 Å². The summed E-state index contributed by atoms with van der Waals surface area (Å²) >= 11 is 6.28. The first-order valence-corrected chi connectivity index (χ1v) is 15.8. The van der Waals surface area contributed by atoms with E-state index in [9.17, 15) is 18.7 Å². The zero-order valence-corrected chi connectivity index (χ0v) is 25.9. The lowest BCUT2D eigenvalue weighted by molar-refractivity contribution is -0.136. The van der Waals surface area contributed by atoms with Crippen molar-refractivity contribution in [3.8, 4) is 22.6 Å². The smallest absolute Gasteiger partial charge is 0.239 e. The summed E-state index contributed by atoms with van der Waals surface area (Å²) in [5.41, 5.74) is 9.07. The second kappa shape index (κ2) is 14.7. The largest absolute Gasteiger partial charge is 0.508 e. The van der Waals surface area contributed by atoms with Gasteiger partial charge in [0, 0.05) is 55.4 Å². The van der Waals surface area contributed by atoms with Crippen LogP contribution in [0.2, 0.25) is 5.02 Å². The maximum Gasteiger partial charge on any atom is 0.239 e. The second-order valence-electron chi connectivity index (χ2n) is 11.7. The Morgan fingerprint density at radius 2 is 1.73 bits per heavy atom. The van der Waals surface area contributed by atoms with E-state index < -0.39 is 11.9 Å². The molecule has 0 radical (unpaired) electrons. The average Bonchev–Trinajstić information content (AvgIpc) is 3.03. The molecule has 7 nitrogen and oxygen atoms in total. The highest BCUT2D eigenvalue weighted by molar-refractivity contribution is 6.30. The summed E-state index contributed by atoms with van der Waals surface area (Å²) in [5.74, 6) is -0.00407. The lowest BCUT2D eigenvalue weighted by atomic mass is 9.88. The molecule has 44 heavy (non-hydrogen) atoms. The number of piperidine rings is 1. The fourth-order valence-electron chi connectivity index (χ4n) is 6.31. The number of piperazine rings is 1. The van der Waals surface area contributed by atoms with Crippen molar-refractivity contribution in [1.82, 2.24) is 14.7 Å². The lowest BCUT2D eigenvalue weighted by Crippen LogP contribution is -2.55. The average molecular weight is 627 g/mol. The summed E-state index contributed by atoms with van der Waals surface area (Å²) in [5, 5.41) is 10.5. The molecule has 10 heteroatoms. The number of likely N-dealkylation sites (tertiary alicyclic amines) is 1. The van der Waals surface area contributed by atoms with Crippen LogP contribution in [0, 0.1) is 17.6 Å². The van der Waals surface area contributed by atoms with Crippen molar-refractivity contribution in [2.24, 2.45) is 11.7 Å². The SMILES string of the molecule is CCOc1cccc(F)c1CN1CCN(C(=O)[C@H](N)C2CCN(CCc3cc(Cl)ccc3-c3cc(O)ccc3F)CC2)CC1. The van der Waals surface area contributed by atoms with E-state index in [0.29, 0.717) is 73.2 Å². The molecule has 2 saturated heterocycles. The van der Waals surface area contributed by atoms with Gasteiger partial charge in [0.2, 0.25) is 5.91 Å². The van der Waals surface area contributed by atoms with Crippen LogP contribution in [0.25, 0.3) is 11.1 Å². The van der Waals surface area contributed by atoms with Gasteiger partial charge >= 0.3 is 0 Å². The molecule has 1 amide bonds. The Hall–Kier alpha value is -3.24. The van der Waals surface area contributed by atoms with Crippen LogP contribution in [0.1, 0.15) is 30.9 Å². The second-order valence-corrected chi connectivity index (χ2v) is 12.1. The van der Waals surface area contributed by atoms with Crippen LogP contribution >= 0.6 is 11.6 Å². The molecule has 0 bridgehead atoms. The highest BCUT2D eigenvalue weighted by Gasteiger charge is 2.33. The number of hydrogen-bond acceptors (Lipinski definition) is 6. The molecule has 0 unspecified atom stereocenters. The lowest BCUT2D eigenvalue weighted by Gasteiger charge is -2.39. The number of phenols is 1. The number of benzene rings is 3. The van der Waals surface area contributed by atoms with Crippen molar-refractivity contribution in [1.29, 1.82) is 0 Å². The van der Waals surface area contributed by atoms with Gasteiger partial charge in [-0.05, 0) is 98.8 Å². The summed E-state index contributed by atoms with van der Waals surface area (Å²) in [4.78, 5) is 19.7. The number of carbonyl (C=O) groups excluding carboxylic acids is 1. The van der Waals surface area contributed by atoms with Crippen molar-refractivity contribution >= 4 is 17.5 Å². The van der Waals surface area contributed by atoms with Crippen molar-refractivity contribution in [3.05, 3.63) is 82.4 Å². The molecular formula is C34H41ClF2N4O3. The number of hydrogen-bond donors (Lipinski definition) is 2.